The van der Waals surface area contributed by atoms with Crippen molar-refractivity contribution in [2.75, 3.05) is 19.8 Å². The number of amidine groups is 1. The van der Waals surface area contributed by atoms with Gasteiger partial charge in [-0.05, 0) is 40.0 Å². The van der Waals surface area contributed by atoms with E-state index in [2.05, 4.69) is 5.32 Å². The number of nitrogens with two attached hydrogens (primary N) is 1. The smallest absolute Gasteiger partial charge is 0.172 e. The van der Waals surface area contributed by atoms with Crippen LogP contribution in [0.3, 0.4) is 0 Å². The molecule has 102 valence electrons. The lowest BCUT2D eigenvalue weighted by Crippen LogP contribution is -2.39. The lowest BCUT2D eigenvalue weighted by atomic mass is 10.1. The highest BCUT2D eigenvalue weighted by molar-refractivity contribution is 5.75. The highest BCUT2D eigenvalue weighted by Crippen LogP contribution is 2.07. The monoisotopic (exact) mass is 245 g/mol. The Hall–Kier alpha value is -0.650. The van der Waals surface area contributed by atoms with E-state index in [1.807, 2.05) is 13.8 Å². The van der Waals surface area contributed by atoms with Crippen molar-refractivity contribution in [2.45, 2.75) is 52.4 Å². The molecule has 0 aromatic carbocycles. The molecule has 0 radical (unpaired) electrons. The summed E-state index contributed by atoms with van der Waals surface area (Å²) < 4.78 is 10.9. The predicted molar refractivity (Wildman–Crippen MR) is 70.3 cm³/mol. The largest absolute Gasteiger partial charge is 0.374 e. The van der Waals surface area contributed by atoms with Crippen molar-refractivity contribution in [3.63, 3.8) is 0 Å². The molecule has 0 heterocycles. The Labute approximate surface area is 105 Å². The zero-order valence-corrected chi connectivity index (χ0v) is 11.3. The van der Waals surface area contributed by atoms with E-state index in [4.69, 9.17) is 20.6 Å². The van der Waals surface area contributed by atoms with Gasteiger partial charge in [0.1, 0.15) is 0 Å². The molecule has 0 rings (SSSR count). The van der Waals surface area contributed by atoms with Crippen LogP contribution >= 0.6 is 0 Å². The highest BCUT2D eigenvalue weighted by atomic mass is 16.7. The van der Waals surface area contributed by atoms with Crippen LogP contribution in [-0.2, 0) is 9.47 Å². The molecule has 1 atom stereocenters. The summed E-state index contributed by atoms with van der Waals surface area (Å²) in [7, 11) is 0. The third-order valence-corrected chi connectivity index (χ3v) is 2.37. The van der Waals surface area contributed by atoms with Gasteiger partial charge in [0.05, 0.1) is 11.9 Å². The van der Waals surface area contributed by atoms with Gasteiger partial charge in [0, 0.05) is 19.8 Å². The maximum atomic E-state index is 7.22. The van der Waals surface area contributed by atoms with Gasteiger partial charge in [-0.25, -0.2) is 0 Å². The quantitative estimate of drug-likeness (QED) is 0.236. The fourth-order valence-electron chi connectivity index (χ4n) is 1.54. The lowest BCUT2D eigenvalue weighted by molar-refractivity contribution is -0.149. The van der Waals surface area contributed by atoms with Gasteiger partial charge in [-0.2, -0.15) is 0 Å². The molecular weight excluding hydrogens is 218 g/mol. The maximum absolute atomic E-state index is 7.22. The SMILES string of the molecule is CCOC(OCC)C(N)CCCCNC(C)=N. The Bertz CT molecular complexity index is 194. The third-order valence-electron chi connectivity index (χ3n) is 2.37. The molecule has 0 fully saturated rings. The summed E-state index contributed by atoms with van der Waals surface area (Å²) in [5, 5.41) is 10.2. The first-order valence-corrected chi connectivity index (χ1v) is 6.39. The summed E-state index contributed by atoms with van der Waals surface area (Å²) in [5.74, 6) is 0.510. The van der Waals surface area contributed by atoms with Crippen molar-refractivity contribution in [1.29, 1.82) is 5.41 Å². The van der Waals surface area contributed by atoms with Crippen LogP contribution in [0.1, 0.15) is 40.0 Å². The minimum absolute atomic E-state index is 0.0732. The van der Waals surface area contributed by atoms with Gasteiger partial charge in [-0.1, -0.05) is 0 Å². The molecule has 17 heavy (non-hydrogen) atoms. The average Bonchev–Trinajstić information content (AvgIpc) is 2.27. The Morgan fingerprint density at radius 2 is 1.82 bits per heavy atom. The lowest BCUT2D eigenvalue weighted by Gasteiger charge is -2.23. The number of unbranched alkanes of at least 4 members (excludes halogenated alkanes) is 1. The molecule has 0 aliphatic heterocycles. The Morgan fingerprint density at radius 1 is 1.24 bits per heavy atom. The normalized spacial score (nSPS) is 12.8. The fraction of sp³-hybridized carbons (Fsp3) is 0.917. The molecule has 0 bridgehead atoms. The zero-order valence-electron chi connectivity index (χ0n) is 11.3. The number of nitrogens with one attached hydrogen (secondary N) is 2. The molecule has 0 aromatic rings. The molecule has 4 N–H and O–H groups in total. The summed E-state index contributed by atoms with van der Waals surface area (Å²) >= 11 is 0. The molecule has 0 aliphatic rings. The van der Waals surface area contributed by atoms with E-state index >= 15 is 0 Å². The molecule has 0 amide bonds. The van der Waals surface area contributed by atoms with Crippen molar-refractivity contribution in [3.8, 4) is 0 Å². The molecular formula is C12H27N3O2. The van der Waals surface area contributed by atoms with Crippen LogP contribution in [0.5, 0.6) is 0 Å². The van der Waals surface area contributed by atoms with Gasteiger partial charge in [0.2, 0.25) is 0 Å². The molecule has 0 saturated heterocycles. The molecule has 0 aromatic heterocycles. The van der Waals surface area contributed by atoms with E-state index < -0.39 is 0 Å². The molecule has 0 saturated carbocycles. The Balaban J connectivity index is 3.65. The first-order valence-electron chi connectivity index (χ1n) is 6.39. The van der Waals surface area contributed by atoms with Gasteiger partial charge in [-0.15, -0.1) is 0 Å². The summed E-state index contributed by atoms with van der Waals surface area (Å²) in [5.41, 5.74) is 6.02. The van der Waals surface area contributed by atoms with Gasteiger partial charge in [0.15, 0.2) is 6.29 Å². The van der Waals surface area contributed by atoms with Crippen LogP contribution in [0.2, 0.25) is 0 Å². The van der Waals surface area contributed by atoms with E-state index in [1.54, 1.807) is 6.92 Å². The average molecular weight is 245 g/mol. The maximum Gasteiger partial charge on any atom is 0.172 e. The number of hydrogen-bond donors (Lipinski definition) is 3. The van der Waals surface area contributed by atoms with Crippen LogP contribution in [0.15, 0.2) is 0 Å². The minimum Gasteiger partial charge on any atom is -0.374 e. The summed E-state index contributed by atoms with van der Waals surface area (Å²) in [6, 6.07) is -0.0732. The second-order valence-corrected chi connectivity index (χ2v) is 3.99. The number of hydrogen-bond acceptors (Lipinski definition) is 4. The van der Waals surface area contributed by atoms with Crippen LogP contribution < -0.4 is 11.1 Å². The van der Waals surface area contributed by atoms with E-state index in [0.717, 1.165) is 25.8 Å². The second-order valence-electron chi connectivity index (χ2n) is 3.99. The van der Waals surface area contributed by atoms with Gasteiger partial charge >= 0.3 is 0 Å². The van der Waals surface area contributed by atoms with Crippen LogP contribution in [0.25, 0.3) is 0 Å². The fourth-order valence-corrected chi connectivity index (χ4v) is 1.54. The van der Waals surface area contributed by atoms with Crippen LogP contribution in [0, 0.1) is 5.41 Å². The highest BCUT2D eigenvalue weighted by Gasteiger charge is 2.17. The Morgan fingerprint density at radius 3 is 2.29 bits per heavy atom. The van der Waals surface area contributed by atoms with Crippen molar-refractivity contribution >= 4 is 5.84 Å². The van der Waals surface area contributed by atoms with Crippen molar-refractivity contribution in [1.82, 2.24) is 5.32 Å². The molecule has 5 heteroatoms. The van der Waals surface area contributed by atoms with E-state index in [-0.39, 0.29) is 12.3 Å². The minimum atomic E-state index is -0.289. The van der Waals surface area contributed by atoms with Gasteiger partial charge in [-0.3, -0.25) is 5.41 Å². The summed E-state index contributed by atoms with van der Waals surface area (Å²) in [6.45, 7) is 7.69. The zero-order chi connectivity index (χ0) is 13.1. The van der Waals surface area contributed by atoms with E-state index in [1.165, 1.54) is 0 Å². The van der Waals surface area contributed by atoms with Crippen molar-refractivity contribution in [2.24, 2.45) is 5.73 Å². The first-order chi connectivity index (χ1) is 8.11. The standard InChI is InChI=1S/C12H27N3O2/c1-4-16-12(17-5-2)11(14)8-6-7-9-15-10(3)13/h11-12H,4-9,14H2,1-3H3,(H2,13,15). The van der Waals surface area contributed by atoms with Gasteiger partial charge in [0.25, 0.3) is 0 Å². The molecule has 0 aliphatic carbocycles. The summed E-state index contributed by atoms with van der Waals surface area (Å²) in [4.78, 5) is 0. The van der Waals surface area contributed by atoms with Crippen molar-refractivity contribution < 1.29 is 9.47 Å². The molecule has 5 nitrogen and oxygen atoms in total. The van der Waals surface area contributed by atoms with Crippen molar-refractivity contribution in [3.05, 3.63) is 0 Å². The summed E-state index contributed by atoms with van der Waals surface area (Å²) in [6.07, 6.45) is 2.61. The topological polar surface area (TPSA) is 80.4 Å². The molecule has 1 unspecified atom stereocenters. The van der Waals surface area contributed by atoms with Crippen LogP contribution in [0.4, 0.5) is 0 Å². The Kier molecular flexibility index (Phi) is 10.1. The number of ether oxygens (including phenoxy) is 2. The first kappa shape index (κ1) is 16.4. The third kappa shape index (κ3) is 9.09. The van der Waals surface area contributed by atoms with E-state index in [9.17, 15) is 0 Å². The van der Waals surface area contributed by atoms with Gasteiger partial charge < -0.3 is 20.5 Å². The second kappa shape index (κ2) is 10.5. The van der Waals surface area contributed by atoms with E-state index in [0.29, 0.717) is 19.0 Å². The number of rotatable bonds is 10. The predicted octanol–water partition coefficient (Wildman–Crippen LogP) is 1.47. The van der Waals surface area contributed by atoms with Crippen LogP contribution in [-0.4, -0.2) is 37.9 Å². The molecule has 0 spiro atoms.